The van der Waals surface area contributed by atoms with E-state index in [4.69, 9.17) is 0 Å². The normalized spacial score (nSPS) is 18.5. The van der Waals surface area contributed by atoms with Crippen LogP contribution in [0.3, 0.4) is 0 Å². The van der Waals surface area contributed by atoms with Crippen LogP contribution in [0.2, 0.25) is 0 Å². The number of pyridine rings is 1. The summed E-state index contributed by atoms with van der Waals surface area (Å²) < 4.78 is 27.8. The van der Waals surface area contributed by atoms with Crippen LogP contribution in [0.15, 0.2) is 58.6 Å². The molecule has 2 aromatic heterocycles. The zero-order valence-electron chi connectivity index (χ0n) is 13.8. The average Bonchev–Trinajstić information content (AvgIpc) is 3.03. The van der Waals surface area contributed by atoms with Crippen LogP contribution in [0.4, 0.5) is 0 Å². The van der Waals surface area contributed by atoms with Gasteiger partial charge in [-0.2, -0.15) is 5.10 Å². The van der Waals surface area contributed by atoms with E-state index in [1.54, 1.807) is 41.2 Å². The van der Waals surface area contributed by atoms with Crippen LogP contribution in [0.1, 0.15) is 19.3 Å². The quantitative estimate of drug-likeness (QED) is 0.777. The number of hydrogen-bond donors (Lipinski definition) is 1. The first-order chi connectivity index (χ1) is 12.2. The number of fused-ring (bicyclic) bond motifs is 1. The maximum absolute atomic E-state index is 13.0. The summed E-state index contributed by atoms with van der Waals surface area (Å²) in [5, 5.41) is 7.97. The van der Waals surface area contributed by atoms with E-state index in [1.807, 2.05) is 12.1 Å². The minimum absolute atomic E-state index is 0.0325. The molecule has 1 N–H and O–H groups in total. The second-order valence-corrected chi connectivity index (χ2v) is 8.19. The number of nitrogens with zero attached hydrogens (tertiary/aromatic N) is 3. The lowest BCUT2D eigenvalue weighted by atomic mass is 10.1. The van der Waals surface area contributed by atoms with Gasteiger partial charge in [-0.15, -0.1) is 0 Å². The lowest BCUT2D eigenvalue weighted by Gasteiger charge is -2.23. The van der Waals surface area contributed by atoms with E-state index >= 15 is 0 Å². The summed E-state index contributed by atoms with van der Waals surface area (Å²) >= 11 is 0. The minimum Gasteiger partial charge on any atom is -0.312 e. The van der Waals surface area contributed by atoms with Gasteiger partial charge in [-0.3, -0.25) is 9.67 Å². The lowest BCUT2D eigenvalue weighted by Crippen LogP contribution is -2.37. The van der Waals surface area contributed by atoms with Crippen LogP contribution < -0.4 is 5.32 Å². The van der Waals surface area contributed by atoms with Crippen molar-refractivity contribution in [1.82, 2.24) is 20.1 Å². The fraction of sp³-hybridized carbons (Fsp3) is 0.333. The Morgan fingerprint density at radius 2 is 1.96 bits per heavy atom. The lowest BCUT2D eigenvalue weighted by molar-refractivity contribution is 0.353. The first kappa shape index (κ1) is 16.2. The molecule has 1 fully saturated rings. The van der Waals surface area contributed by atoms with Crippen molar-refractivity contribution >= 4 is 20.9 Å². The molecule has 4 rings (SSSR count). The molecule has 3 aromatic rings. The van der Waals surface area contributed by atoms with Gasteiger partial charge >= 0.3 is 0 Å². The summed E-state index contributed by atoms with van der Waals surface area (Å²) in [6.07, 6.45) is 5.05. The zero-order valence-corrected chi connectivity index (χ0v) is 14.6. The summed E-state index contributed by atoms with van der Waals surface area (Å²) in [4.78, 5) is 4.54. The van der Waals surface area contributed by atoms with Crippen LogP contribution in [0.25, 0.3) is 11.0 Å². The Labute approximate surface area is 146 Å². The Bertz CT molecular complexity index is 977. The van der Waals surface area contributed by atoms with Crippen molar-refractivity contribution in [3.05, 3.63) is 48.7 Å². The third-order valence-electron chi connectivity index (χ3n) is 4.59. The van der Waals surface area contributed by atoms with Gasteiger partial charge in [0.05, 0.1) is 17.0 Å². The fourth-order valence-corrected chi connectivity index (χ4v) is 4.66. The second-order valence-electron chi connectivity index (χ2n) is 6.32. The molecule has 130 valence electrons. The SMILES string of the molecule is O=S(=O)(c1ccccc1)c1nn(CC2CCCCN2)c2cccnc12. The highest BCUT2D eigenvalue weighted by atomic mass is 32.2. The molecule has 0 radical (unpaired) electrons. The van der Waals surface area contributed by atoms with Gasteiger partial charge in [0.25, 0.3) is 0 Å². The van der Waals surface area contributed by atoms with Crippen LogP contribution in [-0.2, 0) is 16.4 Å². The Hall–Kier alpha value is -2.25. The third-order valence-corrected chi connectivity index (χ3v) is 6.27. The van der Waals surface area contributed by atoms with E-state index in [2.05, 4.69) is 15.4 Å². The van der Waals surface area contributed by atoms with Gasteiger partial charge in [0.2, 0.25) is 14.9 Å². The fourth-order valence-electron chi connectivity index (χ4n) is 3.30. The molecule has 1 unspecified atom stereocenters. The molecule has 1 saturated heterocycles. The molecule has 25 heavy (non-hydrogen) atoms. The molecule has 7 heteroatoms. The number of piperidine rings is 1. The number of hydrogen-bond acceptors (Lipinski definition) is 5. The summed E-state index contributed by atoms with van der Waals surface area (Å²) in [6.45, 7) is 1.64. The minimum atomic E-state index is -3.70. The number of benzene rings is 1. The number of nitrogens with one attached hydrogen (secondary N) is 1. The molecule has 0 aliphatic carbocycles. The molecular weight excluding hydrogens is 336 g/mol. The molecule has 0 spiro atoms. The van der Waals surface area contributed by atoms with E-state index in [9.17, 15) is 8.42 Å². The molecule has 0 amide bonds. The molecule has 1 aliphatic heterocycles. The van der Waals surface area contributed by atoms with Gasteiger partial charge < -0.3 is 5.32 Å². The standard InChI is InChI=1S/C18H20N4O2S/c23-25(24,15-8-2-1-3-9-15)18-17-16(10-6-12-20-17)22(21-18)13-14-7-4-5-11-19-14/h1-3,6,8-10,12,14,19H,4-5,7,11,13H2. The van der Waals surface area contributed by atoms with Gasteiger partial charge in [-0.25, -0.2) is 8.42 Å². The summed E-state index contributed by atoms with van der Waals surface area (Å²) in [5.74, 6) is 0. The highest BCUT2D eigenvalue weighted by molar-refractivity contribution is 7.91. The van der Waals surface area contributed by atoms with E-state index in [0.29, 0.717) is 18.1 Å². The van der Waals surface area contributed by atoms with Crippen molar-refractivity contribution in [2.24, 2.45) is 0 Å². The molecular formula is C18H20N4O2S. The first-order valence-electron chi connectivity index (χ1n) is 8.51. The second kappa shape index (κ2) is 6.57. The van der Waals surface area contributed by atoms with Gasteiger partial charge in [0, 0.05) is 12.2 Å². The number of sulfone groups is 1. The Morgan fingerprint density at radius 1 is 1.12 bits per heavy atom. The first-order valence-corrected chi connectivity index (χ1v) is 9.99. The summed E-state index contributed by atoms with van der Waals surface area (Å²) in [6, 6.07) is 12.4. The van der Waals surface area contributed by atoms with Crippen molar-refractivity contribution in [2.45, 2.75) is 41.8 Å². The van der Waals surface area contributed by atoms with Gasteiger partial charge in [-0.1, -0.05) is 24.6 Å². The largest absolute Gasteiger partial charge is 0.312 e. The molecule has 1 atom stereocenters. The van der Waals surface area contributed by atoms with E-state index in [1.165, 1.54) is 12.8 Å². The van der Waals surface area contributed by atoms with Crippen molar-refractivity contribution in [3.8, 4) is 0 Å². The predicted molar refractivity (Wildman–Crippen MR) is 95.1 cm³/mol. The van der Waals surface area contributed by atoms with E-state index < -0.39 is 9.84 Å². The summed E-state index contributed by atoms with van der Waals surface area (Å²) in [5.41, 5.74) is 1.19. The van der Waals surface area contributed by atoms with Crippen molar-refractivity contribution in [2.75, 3.05) is 6.54 Å². The van der Waals surface area contributed by atoms with Crippen LogP contribution in [0, 0.1) is 0 Å². The van der Waals surface area contributed by atoms with Crippen molar-refractivity contribution in [3.63, 3.8) is 0 Å². The Morgan fingerprint density at radius 3 is 2.72 bits per heavy atom. The summed E-state index contributed by atoms with van der Waals surface area (Å²) in [7, 11) is -3.70. The highest BCUT2D eigenvalue weighted by Gasteiger charge is 2.27. The smallest absolute Gasteiger partial charge is 0.227 e. The molecule has 1 aromatic carbocycles. The molecule has 1 aliphatic rings. The molecule has 6 nitrogen and oxygen atoms in total. The Kier molecular flexibility index (Phi) is 4.27. The topological polar surface area (TPSA) is 76.9 Å². The van der Waals surface area contributed by atoms with Crippen molar-refractivity contribution in [1.29, 1.82) is 0 Å². The van der Waals surface area contributed by atoms with E-state index in [-0.39, 0.29) is 9.92 Å². The van der Waals surface area contributed by atoms with Gasteiger partial charge in [0.15, 0.2) is 0 Å². The Balaban J connectivity index is 1.80. The van der Waals surface area contributed by atoms with Gasteiger partial charge in [0.1, 0.15) is 5.52 Å². The molecule has 0 bridgehead atoms. The zero-order chi connectivity index (χ0) is 17.3. The third kappa shape index (κ3) is 3.05. The molecule has 3 heterocycles. The number of rotatable bonds is 4. The van der Waals surface area contributed by atoms with Crippen LogP contribution >= 0.6 is 0 Å². The maximum Gasteiger partial charge on any atom is 0.227 e. The van der Waals surface area contributed by atoms with Crippen LogP contribution in [0.5, 0.6) is 0 Å². The van der Waals surface area contributed by atoms with Crippen molar-refractivity contribution < 1.29 is 8.42 Å². The van der Waals surface area contributed by atoms with Crippen LogP contribution in [-0.4, -0.2) is 35.8 Å². The predicted octanol–water partition coefficient (Wildman–Crippen LogP) is 2.41. The van der Waals surface area contributed by atoms with Gasteiger partial charge in [-0.05, 0) is 43.7 Å². The average molecular weight is 356 g/mol. The highest BCUT2D eigenvalue weighted by Crippen LogP contribution is 2.26. The maximum atomic E-state index is 13.0. The molecule has 0 saturated carbocycles. The number of aromatic nitrogens is 3. The monoisotopic (exact) mass is 356 g/mol. The van der Waals surface area contributed by atoms with E-state index in [0.717, 1.165) is 18.5 Å².